The summed E-state index contributed by atoms with van der Waals surface area (Å²) in [4.78, 5) is 45.7. The lowest BCUT2D eigenvalue weighted by Crippen LogP contribution is -2.53. The van der Waals surface area contributed by atoms with E-state index in [4.69, 9.17) is 0 Å². The first-order valence-electron chi connectivity index (χ1n) is 12.1. The Kier molecular flexibility index (Phi) is 7.13. The lowest BCUT2D eigenvalue weighted by molar-refractivity contribution is -0.135. The second-order valence-electron chi connectivity index (χ2n) is 9.86. The number of hydrogen-bond acceptors (Lipinski definition) is 4. The number of carbonyl (C=O) groups is 3. The van der Waals surface area contributed by atoms with Crippen LogP contribution in [0.4, 0.5) is 5.69 Å². The average molecular weight is 441 g/mol. The van der Waals surface area contributed by atoms with Gasteiger partial charge in [-0.15, -0.1) is 0 Å². The number of piperidine rings is 2. The van der Waals surface area contributed by atoms with Crippen LogP contribution in [0.1, 0.15) is 49.9 Å². The lowest BCUT2D eigenvalue weighted by atomic mass is 9.92. The topological polar surface area (TPSA) is 64.2 Å². The highest BCUT2D eigenvalue weighted by Crippen LogP contribution is 2.23. The van der Waals surface area contributed by atoms with Gasteiger partial charge in [-0.2, -0.15) is 0 Å². The molecule has 0 bridgehead atoms. The molecule has 1 aromatic carbocycles. The Hall–Kier alpha value is -2.41. The number of anilines is 1. The summed E-state index contributed by atoms with van der Waals surface area (Å²) >= 11 is 0. The predicted molar refractivity (Wildman–Crippen MR) is 125 cm³/mol. The van der Waals surface area contributed by atoms with Gasteiger partial charge in [0.1, 0.15) is 0 Å². The number of benzene rings is 1. The molecule has 3 heterocycles. The van der Waals surface area contributed by atoms with Crippen LogP contribution in [-0.2, 0) is 9.59 Å². The van der Waals surface area contributed by atoms with E-state index in [1.807, 2.05) is 39.0 Å². The summed E-state index contributed by atoms with van der Waals surface area (Å²) in [6, 6.07) is 7.42. The van der Waals surface area contributed by atoms with Gasteiger partial charge in [-0.1, -0.05) is 13.8 Å². The van der Waals surface area contributed by atoms with Crippen LogP contribution in [0, 0.1) is 11.8 Å². The molecular formula is C25H36N4O3. The highest BCUT2D eigenvalue weighted by molar-refractivity contribution is 5.97. The molecule has 7 heteroatoms. The molecule has 4 rings (SSSR count). The molecule has 3 fully saturated rings. The quantitative estimate of drug-likeness (QED) is 0.722. The Morgan fingerprint density at radius 1 is 0.875 bits per heavy atom. The van der Waals surface area contributed by atoms with Crippen molar-refractivity contribution >= 4 is 23.4 Å². The molecular weight excluding hydrogens is 404 g/mol. The molecule has 0 aliphatic carbocycles. The van der Waals surface area contributed by atoms with Crippen molar-refractivity contribution in [3.8, 4) is 0 Å². The summed E-state index contributed by atoms with van der Waals surface area (Å²) in [6.07, 6.45) is 3.78. The van der Waals surface area contributed by atoms with E-state index in [2.05, 4.69) is 18.7 Å². The maximum atomic E-state index is 13.0. The SMILES string of the molecule is CC1CC(C)CN(C(=O)CN2CCN(C(=O)c3ccc(N4CCCCC4=O)cc3)CC2)C1. The van der Waals surface area contributed by atoms with Gasteiger partial charge in [0.05, 0.1) is 6.54 Å². The zero-order chi connectivity index (χ0) is 22.7. The van der Waals surface area contributed by atoms with E-state index in [0.717, 1.165) is 51.3 Å². The highest BCUT2D eigenvalue weighted by atomic mass is 16.2. The molecule has 3 saturated heterocycles. The van der Waals surface area contributed by atoms with E-state index in [9.17, 15) is 14.4 Å². The Balaban J connectivity index is 1.27. The molecule has 0 aromatic heterocycles. The molecule has 3 aliphatic rings. The lowest BCUT2D eigenvalue weighted by Gasteiger charge is -2.38. The van der Waals surface area contributed by atoms with Crippen LogP contribution in [0.25, 0.3) is 0 Å². The number of carbonyl (C=O) groups excluding carboxylic acids is 3. The summed E-state index contributed by atoms with van der Waals surface area (Å²) in [5.41, 5.74) is 1.52. The first-order chi connectivity index (χ1) is 15.4. The molecule has 0 radical (unpaired) electrons. The molecule has 174 valence electrons. The van der Waals surface area contributed by atoms with E-state index < -0.39 is 0 Å². The number of piperazine rings is 1. The van der Waals surface area contributed by atoms with Crippen LogP contribution < -0.4 is 4.90 Å². The van der Waals surface area contributed by atoms with Crippen molar-refractivity contribution in [2.75, 3.05) is 57.3 Å². The Bertz CT molecular complexity index is 822. The van der Waals surface area contributed by atoms with Crippen molar-refractivity contribution in [2.45, 2.75) is 39.5 Å². The van der Waals surface area contributed by atoms with Gasteiger partial charge in [-0.3, -0.25) is 19.3 Å². The zero-order valence-corrected chi connectivity index (χ0v) is 19.5. The highest BCUT2D eigenvalue weighted by Gasteiger charge is 2.28. The summed E-state index contributed by atoms with van der Waals surface area (Å²) in [6.45, 7) is 10.1. The molecule has 32 heavy (non-hydrogen) atoms. The fraction of sp³-hybridized carbons (Fsp3) is 0.640. The second kappa shape index (κ2) is 10.0. The van der Waals surface area contributed by atoms with E-state index >= 15 is 0 Å². The van der Waals surface area contributed by atoms with Gasteiger partial charge >= 0.3 is 0 Å². The minimum Gasteiger partial charge on any atom is -0.341 e. The third kappa shape index (κ3) is 5.31. The number of amides is 3. The summed E-state index contributed by atoms with van der Waals surface area (Å²) in [5.74, 6) is 1.53. The van der Waals surface area contributed by atoms with Gasteiger partial charge in [-0.05, 0) is 55.4 Å². The summed E-state index contributed by atoms with van der Waals surface area (Å²) in [5, 5.41) is 0. The summed E-state index contributed by atoms with van der Waals surface area (Å²) in [7, 11) is 0. The largest absolute Gasteiger partial charge is 0.341 e. The van der Waals surface area contributed by atoms with Gasteiger partial charge in [0, 0.05) is 63.5 Å². The van der Waals surface area contributed by atoms with E-state index in [0.29, 0.717) is 43.5 Å². The fourth-order valence-corrected chi connectivity index (χ4v) is 5.31. The van der Waals surface area contributed by atoms with Crippen LogP contribution >= 0.6 is 0 Å². The van der Waals surface area contributed by atoms with Gasteiger partial charge in [0.25, 0.3) is 5.91 Å². The van der Waals surface area contributed by atoms with Gasteiger partial charge in [0.2, 0.25) is 11.8 Å². The van der Waals surface area contributed by atoms with Crippen molar-refractivity contribution in [1.29, 1.82) is 0 Å². The van der Waals surface area contributed by atoms with Crippen molar-refractivity contribution in [2.24, 2.45) is 11.8 Å². The third-order valence-corrected chi connectivity index (χ3v) is 6.99. The van der Waals surface area contributed by atoms with Crippen molar-refractivity contribution in [1.82, 2.24) is 14.7 Å². The van der Waals surface area contributed by atoms with Gasteiger partial charge < -0.3 is 14.7 Å². The van der Waals surface area contributed by atoms with E-state index in [-0.39, 0.29) is 17.7 Å². The first-order valence-corrected chi connectivity index (χ1v) is 12.1. The maximum Gasteiger partial charge on any atom is 0.253 e. The van der Waals surface area contributed by atoms with Gasteiger partial charge in [0.15, 0.2) is 0 Å². The average Bonchev–Trinajstić information content (AvgIpc) is 2.79. The summed E-state index contributed by atoms with van der Waals surface area (Å²) < 4.78 is 0. The molecule has 0 saturated carbocycles. The molecule has 3 aliphatic heterocycles. The van der Waals surface area contributed by atoms with E-state index in [1.165, 1.54) is 6.42 Å². The molecule has 0 N–H and O–H groups in total. The Morgan fingerprint density at radius 2 is 1.53 bits per heavy atom. The second-order valence-corrected chi connectivity index (χ2v) is 9.86. The normalized spacial score (nSPS) is 25.2. The van der Waals surface area contributed by atoms with Crippen LogP contribution in [0.2, 0.25) is 0 Å². The minimum atomic E-state index is 0.0196. The first kappa shape index (κ1) is 22.8. The van der Waals surface area contributed by atoms with Crippen LogP contribution in [0.5, 0.6) is 0 Å². The fourth-order valence-electron chi connectivity index (χ4n) is 5.31. The molecule has 0 spiro atoms. The smallest absolute Gasteiger partial charge is 0.253 e. The molecule has 7 nitrogen and oxygen atoms in total. The standard InChI is InChI=1S/C25H36N4O3/c1-19-15-20(2)17-28(16-19)24(31)18-26-11-13-27(14-12-26)25(32)21-6-8-22(9-7-21)29-10-4-3-5-23(29)30/h6-9,19-20H,3-5,10-18H2,1-2H3. The third-order valence-electron chi connectivity index (χ3n) is 6.99. The van der Waals surface area contributed by atoms with Crippen LogP contribution in [0.15, 0.2) is 24.3 Å². The number of likely N-dealkylation sites (tertiary alicyclic amines) is 1. The van der Waals surface area contributed by atoms with Crippen molar-refractivity contribution in [3.05, 3.63) is 29.8 Å². The maximum absolute atomic E-state index is 13.0. The van der Waals surface area contributed by atoms with E-state index in [1.54, 1.807) is 0 Å². The number of rotatable bonds is 4. The molecule has 2 unspecified atom stereocenters. The molecule has 3 amide bonds. The van der Waals surface area contributed by atoms with Gasteiger partial charge in [-0.25, -0.2) is 0 Å². The molecule has 2 atom stereocenters. The van der Waals surface area contributed by atoms with Crippen molar-refractivity contribution in [3.63, 3.8) is 0 Å². The van der Waals surface area contributed by atoms with Crippen LogP contribution in [-0.4, -0.2) is 84.8 Å². The predicted octanol–water partition coefficient (Wildman–Crippen LogP) is 2.47. The van der Waals surface area contributed by atoms with Crippen LogP contribution in [0.3, 0.4) is 0 Å². The number of hydrogen-bond donors (Lipinski definition) is 0. The monoisotopic (exact) mass is 440 g/mol. The minimum absolute atomic E-state index is 0.0196. The zero-order valence-electron chi connectivity index (χ0n) is 19.5. The Labute approximate surface area is 191 Å². The molecule has 1 aromatic rings. The van der Waals surface area contributed by atoms with Crippen molar-refractivity contribution < 1.29 is 14.4 Å². The number of nitrogens with zero attached hydrogens (tertiary/aromatic N) is 4. The Morgan fingerprint density at radius 3 is 2.16 bits per heavy atom.